The van der Waals surface area contributed by atoms with Crippen molar-refractivity contribution in [2.75, 3.05) is 52.6 Å². The lowest BCUT2D eigenvalue weighted by atomic mass is 10.1. The number of hydrogen-bond donors (Lipinski definition) is 0. The van der Waals surface area contributed by atoms with E-state index in [2.05, 4.69) is 20.0 Å². The van der Waals surface area contributed by atoms with Crippen LogP contribution in [0.3, 0.4) is 0 Å². The summed E-state index contributed by atoms with van der Waals surface area (Å²) in [5.41, 5.74) is 3.97. The Labute approximate surface area is 186 Å². The summed E-state index contributed by atoms with van der Waals surface area (Å²) >= 11 is 0. The fraction of sp³-hybridized carbons (Fsp3) is 0.333. The zero-order valence-corrected chi connectivity index (χ0v) is 17.7. The van der Waals surface area contributed by atoms with E-state index < -0.39 is 0 Å². The lowest BCUT2D eigenvalue weighted by Crippen LogP contribution is -2.05. The lowest BCUT2D eigenvalue weighted by Gasteiger charge is -2.05. The van der Waals surface area contributed by atoms with Crippen molar-refractivity contribution >= 4 is 23.6 Å². The van der Waals surface area contributed by atoms with Gasteiger partial charge in [0.05, 0.1) is 26.2 Å². The van der Waals surface area contributed by atoms with Crippen LogP contribution in [0.1, 0.15) is 22.3 Å². The van der Waals surface area contributed by atoms with Crippen molar-refractivity contribution in [3.63, 3.8) is 0 Å². The maximum absolute atomic E-state index is 5.43. The molecule has 0 radical (unpaired) electrons. The summed E-state index contributed by atoms with van der Waals surface area (Å²) in [4.78, 5) is 17.1. The predicted octanol–water partition coefficient (Wildman–Crippen LogP) is 2.48. The first kappa shape index (κ1) is 20.2. The third-order valence-corrected chi connectivity index (χ3v) is 5.05. The molecule has 0 N–H and O–H groups in total. The molecule has 4 aliphatic rings. The van der Waals surface area contributed by atoms with E-state index in [-0.39, 0.29) is 0 Å². The summed E-state index contributed by atoms with van der Waals surface area (Å²) < 4.78 is 21.7. The molecule has 0 saturated carbocycles. The van der Waals surface area contributed by atoms with Gasteiger partial charge in [-0.05, 0) is 36.4 Å². The Morgan fingerprint density at radius 3 is 0.938 bits per heavy atom. The van der Waals surface area contributed by atoms with Crippen molar-refractivity contribution in [1.82, 2.24) is 0 Å². The van der Waals surface area contributed by atoms with E-state index in [1.165, 1.54) is 0 Å². The van der Waals surface area contributed by atoms with Gasteiger partial charge < -0.3 is 18.9 Å². The van der Waals surface area contributed by atoms with Crippen molar-refractivity contribution in [2.24, 2.45) is 20.0 Å². The molecule has 2 aromatic carbocycles. The highest BCUT2D eigenvalue weighted by Gasteiger charge is 2.15. The van der Waals surface area contributed by atoms with Gasteiger partial charge in [-0.25, -0.2) is 20.0 Å². The van der Waals surface area contributed by atoms with E-state index in [0.717, 1.165) is 72.0 Å². The van der Waals surface area contributed by atoms with Crippen molar-refractivity contribution in [3.05, 3.63) is 70.8 Å². The third-order valence-electron chi connectivity index (χ3n) is 5.05. The number of benzene rings is 2. The number of aliphatic imine (C=N–C) groups is 4. The smallest absolute Gasteiger partial charge is 0.216 e. The summed E-state index contributed by atoms with van der Waals surface area (Å²) in [5.74, 6) is 2.89. The molecular formula is C24H24N4O4. The second-order valence-corrected chi connectivity index (χ2v) is 7.30. The molecule has 4 heterocycles. The van der Waals surface area contributed by atoms with E-state index >= 15 is 0 Å². The first-order valence-corrected chi connectivity index (χ1v) is 10.8. The van der Waals surface area contributed by atoms with Gasteiger partial charge in [-0.2, -0.15) is 0 Å². The van der Waals surface area contributed by atoms with Crippen LogP contribution in [-0.2, 0) is 18.9 Å². The maximum Gasteiger partial charge on any atom is 0.216 e. The van der Waals surface area contributed by atoms with Gasteiger partial charge in [0.2, 0.25) is 23.6 Å². The molecule has 0 fully saturated rings. The van der Waals surface area contributed by atoms with Crippen LogP contribution in [0.15, 0.2) is 68.5 Å². The van der Waals surface area contributed by atoms with Gasteiger partial charge in [-0.15, -0.1) is 0 Å². The molecule has 0 atom stereocenters. The summed E-state index contributed by atoms with van der Waals surface area (Å²) in [7, 11) is 0. The quantitative estimate of drug-likeness (QED) is 0.743. The summed E-state index contributed by atoms with van der Waals surface area (Å²) in [6.45, 7) is 5.70. The molecule has 0 aliphatic carbocycles. The van der Waals surface area contributed by atoms with Crippen LogP contribution in [0.2, 0.25) is 0 Å². The number of nitrogens with zero attached hydrogens (tertiary/aromatic N) is 4. The molecule has 8 nitrogen and oxygen atoms in total. The molecule has 6 rings (SSSR count). The Balaban J connectivity index is 0.000000135. The van der Waals surface area contributed by atoms with Gasteiger partial charge in [0.1, 0.15) is 26.4 Å². The third kappa shape index (κ3) is 4.64. The molecule has 2 aromatic rings. The van der Waals surface area contributed by atoms with E-state index in [1.54, 1.807) is 0 Å². The summed E-state index contributed by atoms with van der Waals surface area (Å²) in [6, 6.07) is 15.9. The Morgan fingerprint density at radius 1 is 0.438 bits per heavy atom. The molecule has 164 valence electrons. The van der Waals surface area contributed by atoms with Gasteiger partial charge in [-0.1, -0.05) is 12.1 Å². The normalized spacial score (nSPS) is 18.8. The fourth-order valence-electron chi connectivity index (χ4n) is 3.61. The monoisotopic (exact) mass is 432 g/mol. The van der Waals surface area contributed by atoms with E-state index in [4.69, 9.17) is 18.9 Å². The van der Waals surface area contributed by atoms with Crippen molar-refractivity contribution in [2.45, 2.75) is 0 Å². The second kappa shape index (κ2) is 9.64. The topological polar surface area (TPSA) is 86.4 Å². The number of hydrogen-bond acceptors (Lipinski definition) is 8. The zero-order valence-electron chi connectivity index (χ0n) is 17.7. The van der Waals surface area contributed by atoms with Gasteiger partial charge in [0.25, 0.3) is 0 Å². The number of ether oxygens (including phenoxy) is 4. The minimum atomic E-state index is 0.678. The van der Waals surface area contributed by atoms with Gasteiger partial charge >= 0.3 is 0 Å². The van der Waals surface area contributed by atoms with E-state index in [1.807, 2.05) is 48.5 Å². The Morgan fingerprint density at radius 2 is 0.719 bits per heavy atom. The minimum Gasteiger partial charge on any atom is -0.476 e. The van der Waals surface area contributed by atoms with Crippen molar-refractivity contribution < 1.29 is 18.9 Å². The largest absolute Gasteiger partial charge is 0.476 e. The van der Waals surface area contributed by atoms with Crippen LogP contribution in [0.4, 0.5) is 0 Å². The molecule has 0 amide bonds. The number of rotatable bonds is 4. The van der Waals surface area contributed by atoms with Gasteiger partial charge in [0.15, 0.2) is 0 Å². The highest BCUT2D eigenvalue weighted by Crippen LogP contribution is 2.14. The van der Waals surface area contributed by atoms with E-state index in [9.17, 15) is 0 Å². The molecule has 0 aromatic heterocycles. The Kier molecular flexibility index (Phi) is 6.09. The molecule has 8 heteroatoms. The van der Waals surface area contributed by atoms with Gasteiger partial charge in [-0.3, -0.25) is 0 Å². The van der Waals surface area contributed by atoms with Crippen LogP contribution >= 0.6 is 0 Å². The predicted molar refractivity (Wildman–Crippen MR) is 122 cm³/mol. The van der Waals surface area contributed by atoms with Crippen LogP contribution in [0.25, 0.3) is 0 Å². The average molecular weight is 432 g/mol. The molecule has 4 aliphatic heterocycles. The Hall–Kier alpha value is -3.68. The first-order chi connectivity index (χ1) is 15.9. The summed E-state index contributed by atoms with van der Waals surface area (Å²) in [6.07, 6.45) is 0. The average Bonchev–Trinajstić information content (AvgIpc) is 3.68. The zero-order chi connectivity index (χ0) is 21.6. The first-order valence-electron chi connectivity index (χ1n) is 10.8. The van der Waals surface area contributed by atoms with Crippen molar-refractivity contribution in [1.29, 1.82) is 0 Å². The summed E-state index contributed by atoms with van der Waals surface area (Å²) in [5, 5.41) is 0. The van der Waals surface area contributed by atoms with Crippen LogP contribution in [0, 0.1) is 0 Å². The Bertz CT molecular complexity index is 941. The maximum atomic E-state index is 5.43. The molecule has 0 bridgehead atoms. The molecular weight excluding hydrogens is 408 g/mol. The highest BCUT2D eigenvalue weighted by atomic mass is 16.5. The molecule has 0 saturated heterocycles. The fourth-order valence-corrected chi connectivity index (χ4v) is 3.61. The molecule has 0 unspecified atom stereocenters. The lowest BCUT2D eigenvalue weighted by molar-refractivity contribution is 0.347. The SMILES string of the molecule is c1cc(C2=NCCO2)cc(C2=NCCO2)c1.c1cc(C2=NCCO2)cc(C2=NCCO2)c1. The second-order valence-electron chi connectivity index (χ2n) is 7.30. The van der Waals surface area contributed by atoms with E-state index in [0.29, 0.717) is 26.4 Å². The minimum absolute atomic E-state index is 0.678. The molecule has 32 heavy (non-hydrogen) atoms. The standard InChI is InChI=1S/2C12H12N2O2/c2*1-2-9(11-13-4-6-15-11)8-10(3-1)12-14-5-7-16-12/h2*1-3,8H,4-7H2. The van der Waals surface area contributed by atoms with Crippen LogP contribution < -0.4 is 0 Å². The van der Waals surface area contributed by atoms with Crippen molar-refractivity contribution in [3.8, 4) is 0 Å². The van der Waals surface area contributed by atoms with Gasteiger partial charge in [0, 0.05) is 22.3 Å². The molecule has 0 spiro atoms. The van der Waals surface area contributed by atoms with Crippen LogP contribution in [-0.4, -0.2) is 76.2 Å². The van der Waals surface area contributed by atoms with Crippen LogP contribution in [0.5, 0.6) is 0 Å². The highest BCUT2D eigenvalue weighted by molar-refractivity contribution is 6.01.